The number of benzene rings is 1. The molecule has 1 saturated carbocycles. The number of carbonyl (C=O) groups excluding carboxylic acids is 1. The van der Waals surface area contributed by atoms with E-state index in [1.807, 2.05) is 0 Å². The first-order chi connectivity index (χ1) is 8.91. The Kier molecular flexibility index (Phi) is 3.85. The molecule has 0 heterocycles. The summed E-state index contributed by atoms with van der Waals surface area (Å²) in [5.74, 6) is -1.94. The van der Waals surface area contributed by atoms with Crippen molar-refractivity contribution in [1.82, 2.24) is 0 Å². The van der Waals surface area contributed by atoms with Crippen LogP contribution in [0.5, 0.6) is 0 Å². The summed E-state index contributed by atoms with van der Waals surface area (Å²) in [4.78, 5) is 11.9. The lowest BCUT2D eigenvalue weighted by Gasteiger charge is -2.22. The molecule has 19 heavy (non-hydrogen) atoms. The fourth-order valence-electron chi connectivity index (χ4n) is 2.53. The second kappa shape index (κ2) is 5.25. The van der Waals surface area contributed by atoms with Crippen molar-refractivity contribution in [3.8, 4) is 0 Å². The van der Waals surface area contributed by atoms with Gasteiger partial charge in [-0.3, -0.25) is 4.79 Å². The fraction of sp³-hybridized carbons (Fsp3) is 0.500. The number of aryl methyl sites for hydroxylation is 1. The van der Waals surface area contributed by atoms with Crippen LogP contribution in [0.2, 0.25) is 0 Å². The lowest BCUT2D eigenvalue weighted by molar-refractivity contribution is -0.117. The number of amides is 1. The van der Waals surface area contributed by atoms with Crippen molar-refractivity contribution in [2.75, 3.05) is 5.32 Å². The van der Waals surface area contributed by atoms with Gasteiger partial charge in [-0.15, -0.1) is 0 Å². The van der Waals surface area contributed by atoms with Crippen LogP contribution in [0, 0.1) is 18.6 Å². The molecule has 0 unspecified atom stereocenters. The lowest BCUT2D eigenvalue weighted by Crippen LogP contribution is -2.40. The van der Waals surface area contributed by atoms with E-state index in [4.69, 9.17) is 5.73 Å². The molecule has 0 radical (unpaired) electrons. The van der Waals surface area contributed by atoms with E-state index in [1.54, 1.807) is 0 Å². The zero-order valence-electron chi connectivity index (χ0n) is 10.9. The molecular weight excluding hydrogens is 250 g/mol. The third kappa shape index (κ3) is 3.10. The van der Waals surface area contributed by atoms with Crippen LogP contribution in [-0.2, 0) is 4.79 Å². The predicted molar refractivity (Wildman–Crippen MR) is 69.7 cm³/mol. The molecule has 0 saturated heterocycles. The molecule has 1 fully saturated rings. The number of nitrogens with two attached hydrogens (primary N) is 1. The maximum atomic E-state index is 13.7. The smallest absolute Gasteiger partial charge is 0.226 e. The largest absolute Gasteiger partial charge is 0.325 e. The van der Waals surface area contributed by atoms with E-state index in [1.165, 1.54) is 13.0 Å². The maximum Gasteiger partial charge on any atom is 0.226 e. The van der Waals surface area contributed by atoms with Gasteiger partial charge < -0.3 is 11.1 Å². The fourth-order valence-corrected chi connectivity index (χ4v) is 2.53. The van der Waals surface area contributed by atoms with Gasteiger partial charge in [0, 0.05) is 12.0 Å². The van der Waals surface area contributed by atoms with Crippen molar-refractivity contribution in [3.63, 3.8) is 0 Å². The molecule has 0 aliphatic heterocycles. The number of carbonyl (C=O) groups is 1. The lowest BCUT2D eigenvalue weighted by atomic mass is 9.94. The Balaban J connectivity index is 2.09. The third-order valence-electron chi connectivity index (χ3n) is 3.66. The second-order valence-electron chi connectivity index (χ2n) is 5.35. The van der Waals surface area contributed by atoms with E-state index < -0.39 is 23.1 Å². The summed E-state index contributed by atoms with van der Waals surface area (Å²) in [5, 5.41) is 2.30. The van der Waals surface area contributed by atoms with Crippen molar-refractivity contribution < 1.29 is 13.6 Å². The summed E-state index contributed by atoms with van der Waals surface area (Å²) < 4.78 is 27.3. The molecule has 1 aromatic rings. The van der Waals surface area contributed by atoms with E-state index in [9.17, 15) is 13.6 Å². The number of halogens is 2. The highest BCUT2D eigenvalue weighted by atomic mass is 19.1. The van der Waals surface area contributed by atoms with Gasteiger partial charge in [0.25, 0.3) is 0 Å². The highest BCUT2D eigenvalue weighted by Crippen LogP contribution is 2.30. The minimum absolute atomic E-state index is 0.0970. The average Bonchev–Trinajstić information content (AvgIpc) is 2.76. The van der Waals surface area contributed by atoms with Gasteiger partial charge in [-0.25, -0.2) is 8.78 Å². The number of rotatable bonds is 3. The Morgan fingerprint density at radius 2 is 2.00 bits per heavy atom. The van der Waals surface area contributed by atoms with E-state index in [2.05, 4.69) is 5.32 Å². The molecule has 0 bridgehead atoms. The monoisotopic (exact) mass is 268 g/mol. The summed E-state index contributed by atoms with van der Waals surface area (Å²) in [7, 11) is 0. The van der Waals surface area contributed by atoms with Crippen molar-refractivity contribution in [2.24, 2.45) is 5.73 Å². The number of hydrogen-bond donors (Lipinski definition) is 2. The van der Waals surface area contributed by atoms with Gasteiger partial charge in [0.2, 0.25) is 5.91 Å². The van der Waals surface area contributed by atoms with Crippen LogP contribution < -0.4 is 11.1 Å². The van der Waals surface area contributed by atoms with Crippen LogP contribution in [0.3, 0.4) is 0 Å². The summed E-state index contributed by atoms with van der Waals surface area (Å²) >= 11 is 0. The Hall–Kier alpha value is -1.49. The van der Waals surface area contributed by atoms with Crippen LogP contribution >= 0.6 is 0 Å². The van der Waals surface area contributed by atoms with Crippen LogP contribution in [-0.4, -0.2) is 11.4 Å². The van der Waals surface area contributed by atoms with Crippen molar-refractivity contribution >= 4 is 11.6 Å². The van der Waals surface area contributed by atoms with Crippen molar-refractivity contribution in [3.05, 3.63) is 29.3 Å². The molecule has 2 rings (SSSR count). The first-order valence-electron chi connectivity index (χ1n) is 6.45. The minimum atomic E-state index is -0.769. The van der Waals surface area contributed by atoms with Crippen LogP contribution in [0.4, 0.5) is 14.5 Å². The van der Waals surface area contributed by atoms with Gasteiger partial charge in [0.1, 0.15) is 11.5 Å². The Morgan fingerprint density at radius 1 is 1.37 bits per heavy atom. The van der Waals surface area contributed by atoms with E-state index in [0.29, 0.717) is 5.56 Å². The first kappa shape index (κ1) is 13.9. The molecule has 0 atom stereocenters. The molecule has 3 N–H and O–H groups in total. The number of hydrogen-bond acceptors (Lipinski definition) is 2. The summed E-state index contributed by atoms with van der Waals surface area (Å²) in [5.41, 5.74) is 5.45. The number of nitrogens with one attached hydrogen (secondary N) is 1. The predicted octanol–water partition coefficient (Wildman–Crippen LogP) is 2.87. The molecule has 0 spiro atoms. The summed E-state index contributed by atoms with van der Waals surface area (Å²) in [6.07, 6.45) is 3.64. The molecule has 1 amide bonds. The van der Waals surface area contributed by atoms with E-state index >= 15 is 0 Å². The van der Waals surface area contributed by atoms with Crippen molar-refractivity contribution in [1.29, 1.82) is 0 Å². The minimum Gasteiger partial charge on any atom is -0.325 e. The second-order valence-corrected chi connectivity index (χ2v) is 5.35. The highest BCUT2D eigenvalue weighted by molar-refractivity contribution is 5.91. The molecule has 1 aliphatic rings. The molecule has 104 valence electrons. The zero-order chi connectivity index (χ0) is 14.0. The Labute approximate surface area is 111 Å². The normalized spacial score (nSPS) is 17.5. The van der Waals surface area contributed by atoms with E-state index in [0.717, 1.165) is 31.7 Å². The van der Waals surface area contributed by atoms with Gasteiger partial charge in [-0.1, -0.05) is 18.9 Å². The van der Waals surface area contributed by atoms with Crippen LogP contribution in [0.1, 0.15) is 37.7 Å². The van der Waals surface area contributed by atoms with E-state index in [-0.39, 0.29) is 12.1 Å². The topological polar surface area (TPSA) is 55.1 Å². The Bertz CT molecular complexity index is 496. The van der Waals surface area contributed by atoms with Gasteiger partial charge in [-0.05, 0) is 31.4 Å². The zero-order valence-corrected chi connectivity index (χ0v) is 10.9. The molecule has 5 heteroatoms. The summed E-state index contributed by atoms with van der Waals surface area (Å²) in [6, 6.07) is 2.48. The summed E-state index contributed by atoms with van der Waals surface area (Å²) in [6.45, 7) is 1.52. The van der Waals surface area contributed by atoms with Crippen molar-refractivity contribution in [2.45, 2.75) is 44.6 Å². The molecule has 0 aromatic heterocycles. The first-order valence-corrected chi connectivity index (χ1v) is 6.45. The van der Waals surface area contributed by atoms with Crippen LogP contribution in [0.25, 0.3) is 0 Å². The third-order valence-corrected chi connectivity index (χ3v) is 3.66. The highest BCUT2D eigenvalue weighted by Gasteiger charge is 2.32. The van der Waals surface area contributed by atoms with Gasteiger partial charge >= 0.3 is 0 Å². The number of anilines is 1. The average molecular weight is 268 g/mol. The SMILES string of the molecule is Cc1ccc(F)c(NC(=O)CC2(N)CCCC2)c1F. The van der Waals surface area contributed by atoms with Gasteiger partial charge in [-0.2, -0.15) is 0 Å². The molecule has 3 nitrogen and oxygen atoms in total. The maximum absolute atomic E-state index is 13.7. The van der Waals surface area contributed by atoms with Gasteiger partial charge in [0.15, 0.2) is 5.82 Å². The standard InChI is InChI=1S/C14H18F2N2O/c1-9-4-5-10(15)13(12(9)16)18-11(19)8-14(17)6-2-3-7-14/h4-5H,2-3,6-8,17H2,1H3,(H,18,19). The molecule has 1 aromatic carbocycles. The van der Waals surface area contributed by atoms with Gasteiger partial charge in [0.05, 0.1) is 0 Å². The quantitative estimate of drug-likeness (QED) is 0.885. The van der Waals surface area contributed by atoms with Crippen LogP contribution in [0.15, 0.2) is 12.1 Å². The molecule has 1 aliphatic carbocycles. The Morgan fingerprint density at radius 3 is 2.63 bits per heavy atom. The molecular formula is C14H18F2N2O.